The highest BCUT2D eigenvalue weighted by atomic mass is 32.1. The Balaban J connectivity index is 2.64. The van der Waals surface area contributed by atoms with Gasteiger partial charge in [0.1, 0.15) is 0 Å². The van der Waals surface area contributed by atoms with Crippen LogP contribution in [0.5, 0.6) is 0 Å². The molecule has 1 aliphatic carbocycles. The maximum Gasteiger partial charge on any atom is 0.00405 e. The van der Waals surface area contributed by atoms with Crippen molar-refractivity contribution in [1.82, 2.24) is 0 Å². The molecule has 0 N–H and O–H groups in total. The number of hydrogen-bond acceptors (Lipinski definition) is 1. The summed E-state index contributed by atoms with van der Waals surface area (Å²) < 4.78 is 0. The minimum Gasteiger partial charge on any atom is -0.148 e. The second kappa shape index (κ2) is 3.66. The van der Waals surface area contributed by atoms with Crippen molar-refractivity contribution in [2.45, 2.75) is 20.3 Å². The van der Waals surface area contributed by atoms with Crippen molar-refractivity contribution >= 4 is 18.7 Å². The van der Waals surface area contributed by atoms with Crippen molar-refractivity contribution < 1.29 is 0 Å². The highest BCUT2D eigenvalue weighted by molar-refractivity contribution is 7.84. The summed E-state index contributed by atoms with van der Waals surface area (Å²) >= 11 is 4.45. The van der Waals surface area contributed by atoms with Gasteiger partial charge in [-0.05, 0) is 41.0 Å². The zero-order valence-electron chi connectivity index (χ0n) is 8.54. The Hall–Kier alpha value is -0.950. The van der Waals surface area contributed by atoms with E-state index < -0.39 is 0 Å². The lowest BCUT2D eigenvalue weighted by Crippen LogP contribution is -1.95. The van der Waals surface area contributed by atoms with E-state index in [9.17, 15) is 0 Å². The van der Waals surface area contributed by atoms with Crippen LogP contribution in [0.25, 0.3) is 6.08 Å². The summed E-state index contributed by atoms with van der Waals surface area (Å²) in [6, 6.07) is 4.37. The fourth-order valence-corrected chi connectivity index (χ4v) is 2.10. The quantitative estimate of drug-likeness (QED) is 0.609. The predicted octanol–water partition coefficient (Wildman–Crippen LogP) is 3.69. The van der Waals surface area contributed by atoms with Gasteiger partial charge in [0.05, 0.1) is 0 Å². The van der Waals surface area contributed by atoms with Crippen LogP contribution in [0.4, 0.5) is 0 Å². The number of thiol groups is 1. The molecule has 1 aromatic rings. The molecule has 0 saturated carbocycles. The van der Waals surface area contributed by atoms with Crippen LogP contribution in [-0.2, 0) is 6.42 Å². The van der Waals surface area contributed by atoms with Crippen molar-refractivity contribution in [3.05, 3.63) is 51.4 Å². The summed E-state index contributed by atoms with van der Waals surface area (Å²) in [5.74, 6) is 0. The normalized spacial score (nSPS) is 14.6. The molecule has 14 heavy (non-hydrogen) atoms. The largest absolute Gasteiger partial charge is 0.148 e. The van der Waals surface area contributed by atoms with Crippen molar-refractivity contribution in [3.63, 3.8) is 0 Å². The average Bonchev–Trinajstić information content (AvgIpc) is 2.34. The van der Waals surface area contributed by atoms with E-state index in [0.29, 0.717) is 0 Å². The van der Waals surface area contributed by atoms with E-state index in [-0.39, 0.29) is 0 Å². The average molecular weight is 202 g/mol. The molecule has 1 aromatic carbocycles. The summed E-state index contributed by atoms with van der Waals surface area (Å²) in [5.41, 5.74) is 5.49. The fourth-order valence-electron chi connectivity index (χ4n) is 1.85. The van der Waals surface area contributed by atoms with Gasteiger partial charge in [-0.15, -0.1) is 12.6 Å². The zero-order chi connectivity index (χ0) is 10.1. The number of fused-ring (bicyclic) bond motifs is 1. The van der Waals surface area contributed by atoms with Crippen LogP contribution in [0.1, 0.15) is 22.3 Å². The Morgan fingerprint density at radius 2 is 1.86 bits per heavy atom. The molecular formula is C13H14S. The summed E-state index contributed by atoms with van der Waals surface area (Å²) in [5, 5.41) is 0. The van der Waals surface area contributed by atoms with Gasteiger partial charge in [0, 0.05) is 6.42 Å². The molecule has 72 valence electrons. The lowest BCUT2D eigenvalue weighted by molar-refractivity contribution is 1.18. The van der Waals surface area contributed by atoms with E-state index in [0.717, 1.165) is 11.3 Å². The summed E-state index contributed by atoms with van der Waals surface area (Å²) in [4.78, 5) is 1.13. The summed E-state index contributed by atoms with van der Waals surface area (Å²) in [7, 11) is 0. The van der Waals surface area contributed by atoms with E-state index in [1.807, 2.05) is 0 Å². The molecule has 0 unspecified atom stereocenters. The summed E-state index contributed by atoms with van der Waals surface area (Å²) in [6.07, 6.45) is 7.29. The molecule has 0 aromatic heterocycles. The standard InChI is InChI=1S/C13H14S/c1-9-6-7-10(2)13-8-11(14)4-3-5-12(9)13/h3-7,14H,8H2,1-2H3. The number of aryl methyl sites for hydroxylation is 2. The molecule has 0 saturated heterocycles. The Morgan fingerprint density at radius 1 is 1.14 bits per heavy atom. The van der Waals surface area contributed by atoms with E-state index >= 15 is 0 Å². The van der Waals surface area contributed by atoms with Crippen LogP contribution in [0.2, 0.25) is 0 Å². The first-order valence-corrected chi connectivity index (χ1v) is 5.28. The van der Waals surface area contributed by atoms with Gasteiger partial charge in [0.25, 0.3) is 0 Å². The highest BCUT2D eigenvalue weighted by Crippen LogP contribution is 2.26. The molecule has 0 amide bonds. The predicted molar refractivity (Wildman–Crippen MR) is 65.7 cm³/mol. The van der Waals surface area contributed by atoms with Gasteiger partial charge in [0.2, 0.25) is 0 Å². The first-order valence-electron chi connectivity index (χ1n) is 4.84. The molecule has 0 aliphatic heterocycles. The molecule has 0 heterocycles. The second-order valence-corrected chi connectivity index (χ2v) is 4.36. The third-order valence-corrected chi connectivity index (χ3v) is 3.03. The number of rotatable bonds is 0. The summed E-state index contributed by atoms with van der Waals surface area (Å²) in [6.45, 7) is 4.32. The van der Waals surface area contributed by atoms with Gasteiger partial charge < -0.3 is 0 Å². The van der Waals surface area contributed by atoms with Crippen LogP contribution >= 0.6 is 12.6 Å². The van der Waals surface area contributed by atoms with Crippen molar-refractivity contribution in [1.29, 1.82) is 0 Å². The van der Waals surface area contributed by atoms with Crippen molar-refractivity contribution in [3.8, 4) is 0 Å². The maximum absolute atomic E-state index is 4.45. The number of hydrogen-bond donors (Lipinski definition) is 1. The van der Waals surface area contributed by atoms with Gasteiger partial charge in [-0.25, -0.2) is 0 Å². The molecule has 0 spiro atoms. The molecular weight excluding hydrogens is 188 g/mol. The third kappa shape index (κ3) is 1.64. The van der Waals surface area contributed by atoms with Gasteiger partial charge in [0.15, 0.2) is 0 Å². The number of benzene rings is 1. The maximum atomic E-state index is 4.45. The van der Waals surface area contributed by atoms with Crippen LogP contribution < -0.4 is 0 Å². The van der Waals surface area contributed by atoms with Crippen LogP contribution in [0.3, 0.4) is 0 Å². The lowest BCUT2D eigenvalue weighted by atomic mass is 9.95. The molecule has 2 rings (SSSR count). The minimum atomic E-state index is 0.957. The smallest absolute Gasteiger partial charge is 0.00405 e. The first kappa shape index (κ1) is 9.60. The van der Waals surface area contributed by atoms with Crippen molar-refractivity contribution in [2.24, 2.45) is 0 Å². The van der Waals surface area contributed by atoms with Gasteiger partial charge >= 0.3 is 0 Å². The second-order valence-electron chi connectivity index (χ2n) is 3.79. The lowest BCUT2D eigenvalue weighted by Gasteiger charge is -2.11. The molecule has 0 radical (unpaired) electrons. The SMILES string of the molecule is Cc1ccc(C)c2c1C=CC=C(S)C2. The number of allylic oxidation sites excluding steroid dienone is 3. The van der Waals surface area contributed by atoms with Crippen LogP contribution in [0.15, 0.2) is 29.2 Å². The Bertz CT molecular complexity index is 425. The van der Waals surface area contributed by atoms with Gasteiger partial charge in [-0.3, -0.25) is 0 Å². The monoisotopic (exact) mass is 202 g/mol. The van der Waals surface area contributed by atoms with E-state index in [1.54, 1.807) is 0 Å². The van der Waals surface area contributed by atoms with E-state index in [1.165, 1.54) is 22.3 Å². The van der Waals surface area contributed by atoms with Crippen LogP contribution in [0, 0.1) is 13.8 Å². The van der Waals surface area contributed by atoms with Gasteiger partial charge in [-0.1, -0.05) is 30.4 Å². The molecule has 0 nitrogen and oxygen atoms in total. The van der Waals surface area contributed by atoms with Crippen molar-refractivity contribution in [2.75, 3.05) is 0 Å². The Kier molecular flexibility index (Phi) is 2.51. The third-order valence-electron chi connectivity index (χ3n) is 2.72. The minimum absolute atomic E-state index is 0.957. The molecule has 1 aliphatic rings. The Morgan fingerprint density at radius 3 is 2.64 bits per heavy atom. The fraction of sp³-hybridized carbons (Fsp3) is 0.231. The molecule has 1 heteroatoms. The molecule has 0 atom stereocenters. The van der Waals surface area contributed by atoms with Crippen LogP contribution in [-0.4, -0.2) is 0 Å². The Labute approximate surface area is 90.8 Å². The molecule has 0 fully saturated rings. The first-order chi connectivity index (χ1) is 6.68. The highest BCUT2D eigenvalue weighted by Gasteiger charge is 2.09. The van der Waals surface area contributed by atoms with E-state index in [4.69, 9.17) is 0 Å². The topological polar surface area (TPSA) is 0 Å². The van der Waals surface area contributed by atoms with Gasteiger partial charge in [-0.2, -0.15) is 0 Å². The zero-order valence-corrected chi connectivity index (χ0v) is 9.44. The van der Waals surface area contributed by atoms with E-state index in [2.05, 4.69) is 56.8 Å². The molecule has 0 bridgehead atoms.